The molecule has 0 saturated carbocycles. The number of likely N-dealkylation sites (N-methyl/N-ethyl adjacent to an activating group) is 1. The van der Waals surface area contributed by atoms with Crippen molar-refractivity contribution in [3.63, 3.8) is 0 Å². The minimum atomic E-state index is 0.0771. The lowest BCUT2D eigenvalue weighted by molar-refractivity contribution is -0.134. The van der Waals surface area contributed by atoms with E-state index in [2.05, 4.69) is 36.1 Å². The van der Waals surface area contributed by atoms with Crippen LogP contribution in [0.4, 0.5) is 0 Å². The SMILES string of the molecule is CCC1(CO)CCN(CC(=O)N(C)C2CCCc3ccccc32)CC1. The molecule has 4 nitrogen and oxygen atoms in total. The van der Waals surface area contributed by atoms with Crippen molar-refractivity contribution in [2.24, 2.45) is 5.41 Å². The number of aliphatic hydroxyl groups excluding tert-OH is 1. The van der Waals surface area contributed by atoms with Gasteiger partial charge in [-0.3, -0.25) is 9.69 Å². The molecule has 0 spiro atoms. The van der Waals surface area contributed by atoms with E-state index in [4.69, 9.17) is 0 Å². The molecule has 1 saturated heterocycles. The maximum absolute atomic E-state index is 12.9. The molecule has 1 aromatic rings. The molecule has 1 atom stereocenters. The van der Waals surface area contributed by atoms with Crippen LogP contribution in [0.25, 0.3) is 0 Å². The Balaban J connectivity index is 1.59. The Kier molecular flexibility index (Phi) is 5.80. The number of fused-ring (bicyclic) bond motifs is 1. The first-order valence-corrected chi connectivity index (χ1v) is 9.75. The smallest absolute Gasteiger partial charge is 0.237 e. The van der Waals surface area contributed by atoms with E-state index in [9.17, 15) is 9.90 Å². The lowest BCUT2D eigenvalue weighted by atomic mass is 9.77. The van der Waals surface area contributed by atoms with E-state index in [1.54, 1.807) is 0 Å². The molecule has 138 valence electrons. The highest BCUT2D eigenvalue weighted by Crippen LogP contribution is 2.35. The van der Waals surface area contributed by atoms with E-state index >= 15 is 0 Å². The number of benzene rings is 1. The third kappa shape index (κ3) is 3.90. The largest absolute Gasteiger partial charge is 0.396 e. The summed E-state index contributed by atoms with van der Waals surface area (Å²) in [5.41, 5.74) is 2.80. The molecular formula is C21H32N2O2. The number of hydrogen-bond donors (Lipinski definition) is 1. The summed E-state index contributed by atoms with van der Waals surface area (Å²) in [6.07, 6.45) is 6.33. The Bertz CT molecular complexity index is 587. The number of carbonyl (C=O) groups is 1. The predicted molar refractivity (Wildman–Crippen MR) is 100 cm³/mol. The molecule has 1 fully saturated rings. The third-order valence-electron chi connectivity index (χ3n) is 6.56. The van der Waals surface area contributed by atoms with Gasteiger partial charge in [-0.15, -0.1) is 0 Å². The van der Waals surface area contributed by atoms with Gasteiger partial charge in [0, 0.05) is 13.7 Å². The van der Waals surface area contributed by atoms with Gasteiger partial charge in [0.1, 0.15) is 0 Å². The second-order valence-electron chi connectivity index (χ2n) is 7.90. The average molecular weight is 344 g/mol. The minimum Gasteiger partial charge on any atom is -0.396 e. The van der Waals surface area contributed by atoms with Crippen LogP contribution in [0.15, 0.2) is 24.3 Å². The quantitative estimate of drug-likeness (QED) is 0.893. The second-order valence-corrected chi connectivity index (χ2v) is 7.90. The highest BCUT2D eigenvalue weighted by atomic mass is 16.3. The number of piperidine rings is 1. The summed E-state index contributed by atoms with van der Waals surface area (Å²) >= 11 is 0. The fraction of sp³-hybridized carbons (Fsp3) is 0.667. The first-order chi connectivity index (χ1) is 12.1. The van der Waals surface area contributed by atoms with Crippen LogP contribution in [-0.2, 0) is 11.2 Å². The van der Waals surface area contributed by atoms with Crippen LogP contribution in [-0.4, -0.2) is 54.1 Å². The fourth-order valence-electron chi connectivity index (χ4n) is 4.42. The highest BCUT2D eigenvalue weighted by molar-refractivity contribution is 5.78. The molecule has 1 aliphatic heterocycles. The minimum absolute atomic E-state index is 0.0771. The number of amides is 1. The summed E-state index contributed by atoms with van der Waals surface area (Å²) in [4.78, 5) is 17.1. The molecule has 25 heavy (non-hydrogen) atoms. The molecule has 0 bridgehead atoms. The Morgan fingerprint density at radius 1 is 1.32 bits per heavy atom. The van der Waals surface area contributed by atoms with Crippen molar-refractivity contribution in [2.45, 2.75) is 51.5 Å². The van der Waals surface area contributed by atoms with Crippen molar-refractivity contribution in [3.05, 3.63) is 35.4 Å². The summed E-state index contributed by atoms with van der Waals surface area (Å²) in [6.45, 7) is 4.75. The number of carbonyl (C=O) groups excluding carboxylic acids is 1. The first-order valence-electron chi connectivity index (χ1n) is 9.75. The maximum Gasteiger partial charge on any atom is 0.237 e. The van der Waals surface area contributed by atoms with Crippen LogP contribution in [0.1, 0.15) is 56.2 Å². The topological polar surface area (TPSA) is 43.8 Å². The molecule has 0 radical (unpaired) electrons. The van der Waals surface area contributed by atoms with Gasteiger partial charge in [0.2, 0.25) is 5.91 Å². The molecule has 1 unspecified atom stereocenters. The normalized spacial score (nSPS) is 23.1. The van der Waals surface area contributed by atoms with Gasteiger partial charge >= 0.3 is 0 Å². The van der Waals surface area contributed by atoms with Crippen LogP contribution < -0.4 is 0 Å². The van der Waals surface area contributed by atoms with Crippen molar-refractivity contribution in [1.29, 1.82) is 0 Å². The van der Waals surface area contributed by atoms with Crippen LogP contribution in [0.2, 0.25) is 0 Å². The first kappa shape index (κ1) is 18.4. The molecule has 1 aliphatic carbocycles. The van der Waals surface area contributed by atoms with E-state index in [1.807, 2.05) is 11.9 Å². The van der Waals surface area contributed by atoms with Crippen molar-refractivity contribution < 1.29 is 9.90 Å². The van der Waals surface area contributed by atoms with Gasteiger partial charge in [0.25, 0.3) is 0 Å². The number of rotatable bonds is 5. The average Bonchev–Trinajstić information content (AvgIpc) is 2.67. The van der Waals surface area contributed by atoms with Crippen molar-refractivity contribution >= 4 is 5.91 Å². The van der Waals surface area contributed by atoms with Crippen molar-refractivity contribution in [2.75, 3.05) is 33.3 Å². The molecular weight excluding hydrogens is 312 g/mol. The van der Waals surface area contributed by atoms with Gasteiger partial charge in [0.05, 0.1) is 12.6 Å². The molecule has 1 N–H and O–H groups in total. The van der Waals surface area contributed by atoms with E-state index in [-0.39, 0.29) is 24.0 Å². The highest BCUT2D eigenvalue weighted by Gasteiger charge is 2.34. The van der Waals surface area contributed by atoms with Gasteiger partial charge in [-0.05, 0) is 68.2 Å². The number of aryl methyl sites for hydroxylation is 1. The number of aliphatic hydroxyl groups is 1. The fourth-order valence-corrected chi connectivity index (χ4v) is 4.42. The standard InChI is InChI=1S/C21H32N2O2/c1-3-21(16-24)11-13-23(14-12-21)15-20(25)22(2)19-10-6-8-17-7-4-5-9-18(17)19/h4-5,7,9,19,24H,3,6,8,10-16H2,1-2H3. The zero-order valence-electron chi connectivity index (χ0n) is 15.7. The van der Waals surface area contributed by atoms with E-state index < -0.39 is 0 Å². The Morgan fingerprint density at radius 2 is 2.04 bits per heavy atom. The molecule has 1 amide bonds. The number of likely N-dealkylation sites (tertiary alicyclic amines) is 1. The second kappa shape index (κ2) is 7.88. The summed E-state index contributed by atoms with van der Waals surface area (Å²) in [6, 6.07) is 8.77. The molecule has 4 heteroatoms. The summed E-state index contributed by atoms with van der Waals surface area (Å²) in [5.74, 6) is 0.217. The van der Waals surface area contributed by atoms with Gasteiger partial charge < -0.3 is 10.0 Å². The van der Waals surface area contributed by atoms with Crippen molar-refractivity contribution in [1.82, 2.24) is 9.80 Å². The van der Waals surface area contributed by atoms with Gasteiger partial charge in [-0.25, -0.2) is 0 Å². The molecule has 1 heterocycles. The maximum atomic E-state index is 12.9. The van der Waals surface area contributed by atoms with Gasteiger partial charge in [-0.1, -0.05) is 31.2 Å². The van der Waals surface area contributed by atoms with Crippen LogP contribution in [0.3, 0.4) is 0 Å². The number of nitrogens with zero attached hydrogens (tertiary/aromatic N) is 2. The van der Waals surface area contributed by atoms with Gasteiger partial charge in [0.15, 0.2) is 0 Å². The summed E-state index contributed by atoms with van der Waals surface area (Å²) in [7, 11) is 1.96. The van der Waals surface area contributed by atoms with Crippen molar-refractivity contribution in [3.8, 4) is 0 Å². The van der Waals surface area contributed by atoms with Gasteiger partial charge in [-0.2, -0.15) is 0 Å². The van der Waals surface area contributed by atoms with E-state index in [0.717, 1.165) is 51.6 Å². The van der Waals surface area contributed by atoms with E-state index in [1.165, 1.54) is 11.1 Å². The number of hydrogen-bond acceptors (Lipinski definition) is 3. The van der Waals surface area contributed by atoms with E-state index in [0.29, 0.717) is 6.54 Å². The van der Waals surface area contributed by atoms with Crippen LogP contribution >= 0.6 is 0 Å². The lowest BCUT2D eigenvalue weighted by Crippen LogP contribution is -2.46. The summed E-state index contributed by atoms with van der Waals surface area (Å²) in [5, 5.41) is 9.67. The monoisotopic (exact) mass is 344 g/mol. The molecule has 1 aromatic carbocycles. The van der Waals surface area contributed by atoms with Crippen LogP contribution in [0, 0.1) is 5.41 Å². The Hall–Kier alpha value is -1.39. The zero-order valence-corrected chi connectivity index (χ0v) is 15.7. The Morgan fingerprint density at radius 3 is 2.72 bits per heavy atom. The molecule has 3 rings (SSSR count). The molecule has 0 aromatic heterocycles. The van der Waals surface area contributed by atoms with Crippen LogP contribution in [0.5, 0.6) is 0 Å². The lowest BCUT2D eigenvalue weighted by Gasteiger charge is -2.41. The summed E-state index contributed by atoms with van der Waals surface area (Å²) < 4.78 is 0. The third-order valence-corrected chi connectivity index (χ3v) is 6.56. The zero-order chi connectivity index (χ0) is 17.9. The Labute approximate surface area is 151 Å². The predicted octanol–water partition coefficient (Wildman–Crippen LogP) is 3.01. The molecule has 2 aliphatic rings.